The number of likely N-dealkylation sites (tertiary alicyclic amines) is 1. The fourth-order valence-corrected chi connectivity index (χ4v) is 4.21. The van der Waals surface area contributed by atoms with Crippen LogP contribution in [0.1, 0.15) is 49.7 Å². The van der Waals surface area contributed by atoms with Crippen molar-refractivity contribution in [2.45, 2.75) is 50.5 Å². The molecule has 144 valence electrons. The Hall–Kier alpha value is -2.28. The van der Waals surface area contributed by atoms with Crippen molar-refractivity contribution in [1.29, 1.82) is 0 Å². The van der Waals surface area contributed by atoms with E-state index in [9.17, 15) is 9.18 Å². The number of aromatic nitrogens is 3. The molecule has 2 heterocycles. The van der Waals surface area contributed by atoms with Gasteiger partial charge in [0.2, 0.25) is 5.91 Å². The highest BCUT2D eigenvalue weighted by molar-refractivity contribution is 5.80. The van der Waals surface area contributed by atoms with Gasteiger partial charge in [0.1, 0.15) is 17.3 Å². The Morgan fingerprint density at radius 1 is 1.26 bits per heavy atom. The van der Waals surface area contributed by atoms with Crippen LogP contribution in [0.25, 0.3) is 5.69 Å². The van der Waals surface area contributed by atoms with Crippen LogP contribution in [-0.2, 0) is 16.0 Å². The number of amides is 1. The summed E-state index contributed by atoms with van der Waals surface area (Å²) in [6, 6.07) is 6.89. The average molecular weight is 372 g/mol. The molecule has 0 spiro atoms. The van der Waals surface area contributed by atoms with Crippen molar-refractivity contribution in [2.75, 3.05) is 20.3 Å². The highest BCUT2D eigenvalue weighted by atomic mass is 19.1. The summed E-state index contributed by atoms with van der Waals surface area (Å²) in [7, 11) is 1.63. The van der Waals surface area contributed by atoms with Gasteiger partial charge in [-0.15, -0.1) is 0 Å². The number of para-hydroxylation sites is 1. The van der Waals surface area contributed by atoms with E-state index < -0.39 is 0 Å². The first-order valence-corrected chi connectivity index (χ1v) is 9.66. The number of halogens is 1. The molecule has 1 aromatic carbocycles. The topological polar surface area (TPSA) is 60.2 Å². The lowest BCUT2D eigenvalue weighted by molar-refractivity contribution is -0.129. The molecule has 1 aromatic heterocycles. The number of hydrogen-bond acceptors (Lipinski definition) is 4. The summed E-state index contributed by atoms with van der Waals surface area (Å²) in [5.41, 5.74) is 0.371. The second-order valence-electron chi connectivity index (χ2n) is 7.38. The molecular formula is C20H25FN4O2. The number of methoxy groups -OCH3 is 1. The highest BCUT2D eigenvalue weighted by Gasteiger charge is 2.38. The van der Waals surface area contributed by atoms with E-state index in [1.807, 2.05) is 4.90 Å². The SMILES string of the molecule is COCCc1nc([C@H]2CC(=O)N(C3CCCC3)C2)n(-c2ccccc2F)n1. The van der Waals surface area contributed by atoms with Gasteiger partial charge in [0.25, 0.3) is 0 Å². The van der Waals surface area contributed by atoms with Gasteiger partial charge in [-0.05, 0) is 25.0 Å². The van der Waals surface area contributed by atoms with Gasteiger partial charge in [0.15, 0.2) is 5.82 Å². The van der Waals surface area contributed by atoms with Crippen LogP contribution >= 0.6 is 0 Å². The Morgan fingerprint density at radius 2 is 2.04 bits per heavy atom. The summed E-state index contributed by atoms with van der Waals surface area (Å²) in [6.07, 6.45) is 5.50. The van der Waals surface area contributed by atoms with Crippen LogP contribution in [0, 0.1) is 5.82 Å². The lowest BCUT2D eigenvalue weighted by Gasteiger charge is -2.24. The van der Waals surface area contributed by atoms with E-state index in [1.54, 1.807) is 30.0 Å². The van der Waals surface area contributed by atoms with Crippen molar-refractivity contribution in [3.05, 3.63) is 41.7 Å². The van der Waals surface area contributed by atoms with Crippen molar-refractivity contribution in [3.8, 4) is 5.69 Å². The van der Waals surface area contributed by atoms with Crippen LogP contribution in [0.5, 0.6) is 0 Å². The monoisotopic (exact) mass is 372 g/mol. The largest absolute Gasteiger partial charge is 0.384 e. The van der Waals surface area contributed by atoms with E-state index in [0.717, 1.165) is 12.8 Å². The first-order chi connectivity index (χ1) is 13.2. The lowest BCUT2D eigenvalue weighted by Crippen LogP contribution is -2.34. The number of rotatable bonds is 6. The van der Waals surface area contributed by atoms with E-state index >= 15 is 0 Å². The quantitative estimate of drug-likeness (QED) is 0.782. The molecule has 1 saturated carbocycles. The number of hydrogen-bond donors (Lipinski definition) is 0. The van der Waals surface area contributed by atoms with Crippen LogP contribution in [0.15, 0.2) is 24.3 Å². The molecule has 0 bridgehead atoms. The summed E-state index contributed by atoms with van der Waals surface area (Å²) in [6.45, 7) is 1.14. The lowest BCUT2D eigenvalue weighted by atomic mass is 10.1. The van der Waals surface area contributed by atoms with E-state index in [0.29, 0.717) is 49.4 Å². The van der Waals surface area contributed by atoms with Crippen molar-refractivity contribution < 1.29 is 13.9 Å². The van der Waals surface area contributed by atoms with Crippen molar-refractivity contribution in [2.24, 2.45) is 0 Å². The summed E-state index contributed by atoms with van der Waals surface area (Å²) in [5.74, 6) is 1.04. The van der Waals surface area contributed by atoms with Crippen molar-refractivity contribution in [1.82, 2.24) is 19.7 Å². The minimum Gasteiger partial charge on any atom is -0.384 e. The molecule has 1 aliphatic heterocycles. The zero-order valence-electron chi connectivity index (χ0n) is 15.6. The standard InChI is InChI=1S/C20H25FN4O2/c1-27-11-10-18-22-20(25(23-18)17-9-5-4-8-16(17)21)14-12-19(26)24(13-14)15-6-2-3-7-15/h4-5,8-9,14-15H,2-3,6-7,10-13H2,1H3/t14-/m0/s1. The van der Waals surface area contributed by atoms with E-state index in [2.05, 4.69) is 10.1 Å². The minimum atomic E-state index is -0.348. The molecule has 6 nitrogen and oxygen atoms in total. The molecule has 0 radical (unpaired) electrons. The van der Waals surface area contributed by atoms with Gasteiger partial charge in [-0.2, -0.15) is 5.10 Å². The van der Waals surface area contributed by atoms with Crippen LogP contribution in [0.4, 0.5) is 4.39 Å². The fraction of sp³-hybridized carbons (Fsp3) is 0.550. The van der Waals surface area contributed by atoms with Crippen LogP contribution in [0.2, 0.25) is 0 Å². The third-order valence-electron chi connectivity index (χ3n) is 5.58. The first kappa shape index (κ1) is 18.1. The number of nitrogens with zero attached hydrogens (tertiary/aromatic N) is 4. The third kappa shape index (κ3) is 3.60. The zero-order chi connectivity index (χ0) is 18.8. The van der Waals surface area contributed by atoms with Crippen LogP contribution < -0.4 is 0 Å². The Kier molecular flexibility index (Phi) is 5.20. The Bertz CT molecular complexity index is 816. The summed E-state index contributed by atoms with van der Waals surface area (Å²) in [5, 5.41) is 4.53. The van der Waals surface area contributed by atoms with E-state index in [-0.39, 0.29) is 17.6 Å². The normalized spacial score (nSPS) is 20.7. The van der Waals surface area contributed by atoms with Gasteiger partial charge < -0.3 is 9.64 Å². The number of ether oxygens (including phenoxy) is 1. The predicted molar refractivity (Wildman–Crippen MR) is 98.2 cm³/mol. The Labute approximate surface area is 158 Å². The van der Waals surface area contributed by atoms with Crippen molar-refractivity contribution in [3.63, 3.8) is 0 Å². The van der Waals surface area contributed by atoms with Crippen LogP contribution in [0.3, 0.4) is 0 Å². The minimum absolute atomic E-state index is 0.0681. The molecule has 4 rings (SSSR count). The summed E-state index contributed by atoms with van der Waals surface area (Å²) < 4.78 is 21.1. The molecular weight excluding hydrogens is 347 g/mol. The van der Waals surface area contributed by atoms with E-state index in [4.69, 9.17) is 4.74 Å². The maximum Gasteiger partial charge on any atom is 0.223 e. The van der Waals surface area contributed by atoms with Crippen LogP contribution in [-0.4, -0.2) is 51.9 Å². The molecule has 7 heteroatoms. The van der Waals surface area contributed by atoms with E-state index in [1.165, 1.54) is 18.9 Å². The molecule has 1 saturated heterocycles. The molecule has 1 atom stereocenters. The second-order valence-corrected chi connectivity index (χ2v) is 7.38. The van der Waals surface area contributed by atoms with Gasteiger partial charge in [0.05, 0.1) is 6.61 Å². The molecule has 0 N–H and O–H groups in total. The predicted octanol–water partition coefficient (Wildman–Crippen LogP) is 2.85. The van der Waals surface area contributed by atoms with Gasteiger partial charge in [-0.3, -0.25) is 4.79 Å². The maximum atomic E-state index is 14.4. The number of carbonyl (C=O) groups excluding carboxylic acids is 1. The third-order valence-corrected chi connectivity index (χ3v) is 5.58. The molecule has 2 aromatic rings. The number of carbonyl (C=O) groups is 1. The number of benzene rings is 1. The fourth-order valence-electron chi connectivity index (χ4n) is 4.21. The van der Waals surface area contributed by atoms with Gasteiger partial charge in [-0.1, -0.05) is 25.0 Å². The Morgan fingerprint density at radius 3 is 2.78 bits per heavy atom. The molecule has 1 amide bonds. The van der Waals surface area contributed by atoms with Gasteiger partial charge in [0, 0.05) is 38.5 Å². The molecule has 2 fully saturated rings. The molecule has 2 aliphatic rings. The first-order valence-electron chi connectivity index (χ1n) is 9.66. The summed E-state index contributed by atoms with van der Waals surface area (Å²) >= 11 is 0. The average Bonchev–Trinajstić information content (AvgIpc) is 3.39. The second kappa shape index (κ2) is 7.76. The smallest absolute Gasteiger partial charge is 0.223 e. The zero-order valence-corrected chi connectivity index (χ0v) is 15.6. The van der Waals surface area contributed by atoms with Gasteiger partial charge >= 0.3 is 0 Å². The van der Waals surface area contributed by atoms with Crippen molar-refractivity contribution >= 4 is 5.91 Å². The van der Waals surface area contributed by atoms with Gasteiger partial charge in [-0.25, -0.2) is 14.1 Å². The molecule has 0 unspecified atom stereocenters. The Balaban J connectivity index is 1.66. The molecule has 27 heavy (non-hydrogen) atoms. The maximum absolute atomic E-state index is 14.4. The summed E-state index contributed by atoms with van der Waals surface area (Å²) in [4.78, 5) is 19.3. The molecule has 1 aliphatic carbocycles. The highest BCUT2D eigenvalue weighted by Crippen LogP contribution is 2.34.